The molecule has 0 radical (unpaired) electrons. The van der Waals surface area contributed by atoms with Crippen LogP contribution in [0.25, 0.3) is 0 Å². The second-order valence-electron chi connectivity index (χ2n) is 21.6. The first-order chi connectivity index (χ1) is 46.8. The lowest BCUT2D eigenvalue weighted by atomic mass is 10.3. The fraction of sp³-hybridized carbons (Fsp3) is 0.375. The zero-order chi connectivity index (χ0) is 76.7. The highest BCUT2D eigenvalue weighted by atomic mass is 32.3. The number of aliphatic hydroxyl groups is 1. The van der Waals surface area contributed by atoms with Gasteiger partial charge in [-0.05, 0) is 145 Å². The smallest absolute Gasteiger partial charge is 0.449 e. The van der Waals surface area contributed by atoms with E-state index in [1.54, 1.807) is 0 Å². The number of ether oxygens (including phenoxy) is 1. The van der Waals surface area contributed by atoms with Crippen LogP contribution in [0.15, 0.2) is 216 Å². The molecule has 0 aliphatic heterocycles. The van der Waals surface area contributed by atoms with Crippen molar-refractivity contribution in [2.45, 2.75) is 149 Å². The largest absolute Gasteiger partial charge is 0.469 e. The minimum Gasteiger partial charge on any atom is -0.449 e. The topological polar surface area (TPSA) is 252 Å². The van der Waals surface area contributed by atoms with Gasteiger partial charge in [0.15, 0.2) is 37.7 Å². The fourth-order valence-electron chi connectivity index (χ4n) is 8.27. The molecule has 0 bridgehead atoms. The van der Waals surface area contributed by atoms with Gasteiger partial charge in [0.05, 0.1) is 34.4 Å². The van der Waals surface area contributed by atoms with Crippen molar-refractivity contribution in [3.8, 4) is 0 Å². The highest BCUT2D eigenvalue weighted by Gasteiger charge is 2.55. The van der Waals surface area contributed by atoms with Crippen molar-refractivity contribution in [3.05, 3.63) is 191 Å². The molecule has 1 amide bonds. The fourth-order valence-corrected chi connectivity index (χ4v) is 22.4. The number of halogens is 12. The third kappa shape index (κ3) is 29.5. The second kappa shape index (κ2) is 41.4. The van der Waals surface area contributed by atoms with Crippen LogP contribution in [0.3, 0.4) is 0 Å². The van der Waals surface area contributed by atoms with Crippen LogP contribution >= 0.6 is 0 Å². The van der Waals surface area contributed by atoms with Gasteiger partial charge in [0, 0.05) is 33.0 Å². The van der Waals surface area contributed by atoms with E-state index < -0.39 is 119 Å². The molecule has 0 aliphatic rings. The molecule has 0 saturated carbocycles. The summed E-state index contributed by atoms with van der Waals surface area (Å²) in [6, 6.07) is 65.8. The molecule has 0 aromatic heterocycles. The van der Waals surface area contributed by atoms with Crippen LogP contribution < -0.4 is 5.32 Å². The molecule has 6 aromatic rings. The number of sulfone groups is 4. The predicted octanol–water partition coefficient (Wildman–Crippen LogP) is 15.6. The molecular formula is C64H78F12N2O15S6Si2. The van der Waals surface area contributed by atoms with Crippen molar-refractivity contribution in [1.29, 1.82) is 0 Å². The van der Waals surface area contributed by atoms with Gasteiger partial charge in [-0.15, -0.1) is 12.8 Å². The summed E-state index contributed by atoms with van der Waals surface area (Å²) in [5.74, 6) is 0. The molecular weight excluding hydrogens is 1510 g/mol. The van der Waals surface area contributed by atoms with E-state index in [0.29, 0.717) is 39.1 Å². The number of alkyl carbamates (subject to hydrolysis) is 1. The maximum absolute atomic E-state index is 12.7. The van der Waals surface area contributed by atoms with Crippen molar-refractivity contribution in [3.63, 3.8) is 0 Å². The molecule has 37 heteroatoms. The summed E-state index contributed by atoms with van der Waals surface area (Å²) < 4.78 is 253. The summed E-state index contributed by atoms with van der Waals surface area (Å²) >= 11 is 0. The Morgan fingerprint density at radius 3 is 1.02 bits per heavy atom. The normalized spacial score (nSPS) is 13.2. The lowest BCUT2D eigenvalue weighted by Gasteiger charge is -2.33. The number of rotatable bonds is 28. The second-order valence-corrected chi connectivity index (χ2v) is 41.8. The van der Waals surface area contributed by atoms with Gasteiger partial charge in [-0.3, -0.25) is 33.7 Å². The van der Waals surface area contributed by atoms with E-state index in [2.05, 4.69) is 197 Å². The third-order valence-electron chi connectivity index (χ3n) is 13.2. The monoisotopic (exact) mass is 1590 g/mol. The Labute approximate surface area is 589 Å². The number of hydrogen-bond acceptors (Lipinski definition) is 16. The summed E-state index contributed by atoms with van der Waals surface area (Å²) in [7, 11) is -29.6. The number of nitrogens with zero attached hydrogens (tertiary/aromatic N) is 1. The van der Waals surface area contributed by atoms with Gasteiger partial charge in [0.1, 0.15) is 39.3 Å². The van der Waals surface area contributed by atoms with Crippen LogP contribution in [0.2, 0.25) is 31.7 Å². The van der Waals surface area contributed by atoms with Crippen molar-refractivity contribution >= 4 is 90.2 Å². The van der Waals surface area contributed by atoms with Crippen molar-refractivity contribution < 1.29 is 119 Å². The van der Waals surface area contributed by atoms with Crippen molar-refractivity contribution in [2.24, 2.45) is 4.99 Å². The van der Waals surface area contributed by atoms with E-state index in [9.17, 15) is 95.9 Å². The standard InChI is InChI=1S/2C18H15S.C13H22F6NO7S2Si.C9H19NO3Si.C6H7F6O5S2/c2*1-4-10-16(11-5-1)19(17-12-6-2-7-13-17)18-14-8-3-9-15-18;1-9(27-11(21)20-6-5-7-30(3,4)26-2)8-10(28(22,23)12(14,15)16)29(24,25)13(17,18)19;1-4-12-14(3,13-5-2)8-6-7-10-9-11;1-3(13)2-4(18(14,15)5(7,8)9)19(16,17)6(10,11)12/h2*1-15H;9H,5-8H2,1-4H3,(H,20,21);4-8H2,1-3H3;3,13H,2H2,1H3/q2*+1;-1;;-1. The number of carbonyl (C=O) groups is 1. The summed E-state index contributed by atoms with van der Waals surface area (Å²) in [4.78, 5) is 33.1. The Bertz CT molecular complexity index is 3520. The Morgan fingerprint density at radius 1 is 0.505 bits per heavy atom. The van der Waals surface area contributed by atoms with E-state index in [1.807, 2.05) is 33.5 Å². The summed E-state index contributed by atoms with van der Waals surface area (Å²) in [6.45, 7) is 13.1. The molecule has 101 heavy (non-hydrogen) atoms. The van der Waals surface area contributed by atoms with Crippen LogP contribution in [0.1, 0.15) is 53.4 Å². The van der Waals surface area contributed by atoms with Crippen LogP contribution in [-0.2, 0) is 83.9 Å². The third-order valence-corrected chi connectivity index (χ3v) is 31.5. The molecule has 2 unspecified atom stereocenters. The number of nitrogens with one attached hydrogen (secondary N) is 1. The van der Waals surface area contributed by atoms with E-state index in [1.165, 1.54) is 42.6 Å². The number of hydrogen-bond donors (Lipinski definition) is 2. The number of benzene rings is 6. The first kappa shape index (κ1) is 91.0. The molecule has 0 fully saturated rings. The summed E-state index contributed by atoms with van der Waals surface area (Å²) in [5.41, 5.74) is -25.1. The number of isocyanates is 1. The predicted molar refractivity (Wildman–Crippen MR) is 365 cm³/mol. The SMILES string of the molecule is CC(O)C[C-](S(=O)(=O)C(F)(F)F)S(=O)(=O)C(F)(F)F.CCO[Si](C)(CCCN=C=O)OCC.CO[Si](C)(C)CCCNC(=O)OC(C)C[C-](S(=O)(=O)C(F)(F)F)S(=O)(=O)C(F)(F)F.c1ccc([S+](c2ccccc2)c2ccccc2)cc1.c1ccc([S+](c2ccccc2)c2ccccc2)cc1. The van der Waals surface area contributed by atoms with Crippen LogP contribution in [-0.4, -0.2) is 135 Å². The van der Waals surface area contributed by atoms with Gasteiger partial charge in [-0.25, -0.2) is 14.6 Å². The van der Waals surface area contributed by atoms with Gasteiger partial charge >= 0.3 is 36.7 Å². The average Bonchev–Trinajstić information content (AvgIpc) is 0.759. The van der Waals surface area contributed by atoms with Crippen molar-refractivity contribution in [2.75, 3.05) is 33.4 Å². The Morgan fingerprint density at radius 2 is 0.782 bits per heavy atom. The highest BCUT2D eigenvalue weighted by Crippen LogP contribution is 2.45. The van der Waals surface area contributed by atoms with Crippen LogP contribution in [0, 0.1) is 9.16 Å². The van der Waals surface area contributed by atoms with Gasteiger partial charge in [0.25, 0.3) is 0 Å². The number of aliphatic hydroxyl groups excluding tert-OH is 1. The number of amides is 1. The molecule has 0 spiro atoms. The van der Waals surface area contributed by atoms with Gasteiger partial charge in [-0.1, -0.05) is 118 Å². The van der Waals surface area contributed by atoms with Gasteiger partial charge in [-0.2, -0.15) is 52.7 Å². The number of alkyl halides is 12. The lowest BCUT2D eigenvalue weighted by Crippen LogP contribution is -2.41. The van der Waals surface area contributed by atoms with E-state index in [-0.39, 0.29) is 28.3 Å². The summed E-state index contributed by atoms with van der Waals surface area (Å²) in [5, 5.41) is 10.9. The van der Waals surface area contributed by atoms with Crippen molar-refractivity contribution in [1.82, 2.24) is 5.32 Å². The lowest BCUT2D eigenvalue weighted by molar-refractivity contribution is -0.0470. The van der Waals surface area contributed by atoms with E-state index >= 15 is 0 Å². The Balaban J connectivity index is 0.000000438. The molecule has 0 aliphatic carbocycles. The maximum Gasteiger partial charge on any atom is 0.469 e. The van der Waals surface area contributed by atoms with Gasteiger partial charge < -0.3 is 28.4 Å². The van der Waals surface area contributed by atoms with Crippen LogP contribution in [0.4, 0.5) is 57.5 Å². The molecule has 6 rings (SSSR count). The zero-order valence-electron chi connectivity index (χ0n) is 55.6. The first-order valence-corrected chi connectivity index (χ1v) is 44.1. The summed E-state index contributed by atoms with van der Waals surface area (Å²) in [6.07, 6.45) is -6.13. The molecule has 17 nitrogen and oxygen atoms in total. The molecule has 0 saturated heterocycles. The molecule has 6 aromatic carbocycles. The highest BCUT2D eigenvalue weighted by molar-refractivity contribution is 8.14. The molecule has 2 atom stereocenters. The minimum absolute atomic E-state index is 0.0146. The van der Waals surface area contributed by atoms with E-state index in [0.717, 1.165) is 19.4 Å². The molecule has 2 N–H and O–H groups in total. The zero-order valence-corrected chi connectivity index (χ0v) is 62.5. The maximum atomic E-state index is 12.7. The minimum atomic E-state index is -6.86. The van der Waals surface area contributed by atoms with E-state index in [4.69, 9.17) is 18.4 Å². The Hall–Kier alpha value is -6.10. The Kier molecular flexibility index (Phi) is 37.3. The first-order valence-electron chi connectivity index (χ1n) is 30.1. The number of carbonyl (C=O) groups excluding carboxylic acids is 2. The number of aliphatic imine (C=N–C) groups is 1. The average molecular weight is 1590 g/mol. The van der Waals surface area contributed by atoms with Crippen LogP contribution in [0.5, 0.6) is 0 Å². The molecule has 562 valence electrons. The van der Waals surface area contributed by atoms with Gasteiger partial charge in [0.2, 0.25) is 6.08 Å². The molecule has 0 heterocycles. The quantitative estimate of drug-likeness (QED) is 0.00881.